The van der Waals surface area contributed by atoms with Crippen LogP contribution in [0.2, 0.25) is 0 Å². The van der Waals surface area contributed by atoms with Crippen molar-refractivity contribution in [2.75, 3.05) is 12.4 Å². The summed E-state index contributed by atoms with van der Waals surface area (Å²) in [5.41, 5.74) is 3.81. The number of anilines is 1. The number of methoxy groups -OCH3 is 1. The molecule has 0 aliphatic carbocycles. The van der Waals surface area contributed by atoms with Crippen LogP contribution in [0, 0.1) is 34.6 Å². The van der Waals surface area contributed by atoms with Gasteiger partial charge < -0.3 is 19.3 Å². The second-order valence-corrected chi connectivity index (χ2v) is 8.23. The number of nitrogens with zero attached hydrogens (tertiary/aromatic N) is 1. The molecule has 1 amide bonds. The van der Waals surface area contributed by atoms with Crippen LogP contribution in [-0.4, -0.2) is 24.1 Å². The molecule has 8 heteroatoms. The SMILES string of the molecule is COC(=O)c1c(NC(=O)c2noc(C)c2COc2c(C)cccc2C)sc(C)c1C. The molecule has 30 heavy (non-hydrogen) atoms. The average molecular weight is 429 g/mol. The molecular formula is C22H24N2O5S. The fourth-order valence-electron chi connectivity index (χ4n) is 3.14. The Morgan fingerprint density at radius 2 is 1.80 bits per heavy atom. The highest BCUT2D eigenvalue weighted by Gasteiger charge is 2.25. The predicted molar refractivity (Wildman–Crippen MR) is 115 cm³/mol. The lowest BCUT2D eigenvalue weighted by Gasteiger charge is -2.12. The molecule has 0 saturated carbocycles. The smallest absolute Gasteiger partial charge is 0.341 e. The number of nitrogens with one attached hydrogen (secondary N) is 1. The van der Waals surface area contributed by atoms with Gasteiger partial charge in [0.15, 0.2) is 5.69 Å². The Balaban J connectivity index is 1.86. The fraction of sp³-hybridized carbons (Fsp3) is 0.318. The number of rotatable bonds is 6. The van der Waals surface area contributed by atoms with Gasteiger partial charge in [-0.05, 0) is 51.3 Å². The van der Waals surface area contributed by atoms with Crippen molar-refractivity contribution >= 4 is 28.2 Å². The normalized spacial score (nSPS) is 10.7. The summed E-state index contributed by atoms with van der Waals surface area (Å²) in [6.45, 7) is 9.49. The number of thiophene rings is 1. The van der Waals surface area contributed by atoms with Crippen LogP contribution in [0.5, 0.6) is 5.75 Å². The van der Waals surface area contributed by atoms with Gasteiger partial charge in [0.1, 0.15) is 23.1 Å². The van der Waals surface area contributed by atoms with E-state index in [0.29, 0.717) is 21.9 Å². The fourth-order valence-corrected chi connectivity index (χ4v) is 4.18. The van der Waals surface area contributed by atoms with Gasteiger partial charge in [-0.15, -0.1) is 11.3 Å². The molecule has 0 saturated heterocycles. The maximum Gasteiger partial charge on any atom is 0.341 e. The van der Waals surface area contributed by atoms with Crippen LogP contribution >= 0.6 is 11.3 Å². The van der Waals surface area contributed by atoms with E-state index in [0.717, 1.165) is 27.3 Å². The standard InChI is InChI=1S/C22H24N2O5S/c1-11-8-7-9-12(2)19(11)28-10-16-14(4)29-24-18(16)20(25)23-21-17(22(26)27-6)13(3)15(5)30-21/h7-9H,10H2,1-6H3,(H,23,25). The zero-order chi connectivity index (χ0) is 22.0. The van der Waals surface area contributed by atoms with E-state index < -0.39 is 11.9 Å². The van der Waals surface area contributed by atoms with Crippen LogP contribution in [0.3, 0.4) is 0 Å². The van der Waals surface area contributed by atoms with Crippen molar-refractivity contribution in [1.29, 1.82) is 0 Å². The molecule has 0 unspecified atom stereocenters. The highest BCUT2D eigenvalue weighted by atomic mass is 32.1. The summed E-state index contributed by atoms with van der Waals surface area (Å²) in [4.78, 5) is 26.0. The van der Waals surface area contributed by atoms with Crippen LogP contribution in [0.4, 0.5) is 5.00 Å². The predicted octanol–water partition coefficient (Wildman–Crippen LogP) is 4.90. The Bertz CT molecular complexity index is 1090. The molecule has 3 aromatic rings. The molecule has 0 fully saturated rings. The van der Waals surface area contributed by atoms with E-state index in [1.165, 1.54) is 18.4 Å². The number of benzene rings is 1. The van der Waals surface area contributed by atoms with Crippen LogP contribution in [0.1, 0.15) is 53.7 Å². The van der Waals surface area contributed by atoms with Gasteiger partial charge in [-0.3, -0.25) is 4.79 Å². The van der Waals surface area contributed by atoms with Gasteiger partial charge in [-0.25, -0.2) is 4.79 Å². The van der Waals surface area contributed by atoms with Gasteiger partial charge >= 0.3 is 5.97 Å². The molecule has 0 aliphatic heterocycles. The summed E-state index contributed by atoms with van der Waals surface area (Å²) in [6, 6.07) is 5.89. The monoisotopic (exact) mass is 428 g/mol. The number of esters is 1. The van der Waals surface area contributed by atoms with E-state index in [-0.39, 0.29) is 12.3 Å². The van der Waals surface area contributed by atoms with Gasteiger partial charge in [-0.2, -0.15) is 0 Å². The lowest BCUT2D eigenvalue weighted by Crippen LogP contribution is -2.17. The molecule has 0 atom stereocenters. The first-order valence-electron chi connectivity index (χ1n) is 9.38. The van der Waals surface area contributed by atoms with E-state index in [1.54, 1.807) is 6.92 Å². The van der Waals surface area contributed by atoms with E-state index in [9.17, 15) is 9.59 Å². The molecule has 2 heterocycles. The maximum absolute atomic E-state index is 12.9. The Kier molecular flexibility index (Phi) is 6.26. The maximum atomic E-state index is 12.9. The number of carbonyl (C=O) groups excluding carboxylic acids is 2. The third-order valence-corrected chi connectivity index (χ3v) is 6.09. The summed E-state index contributed by atoms with van der Waals surface area (Å²) in [6.07, 6.45) is 0. The largest absolute Gasteiger partial charge is 0.488 e. The number of aromatic nitrogens is 1. The van der Waals surface area contributed by atoms with E-state index in [4.69, 9.17) is 14.0 Å². The van der Waals surface area contributed by atoms with E-state index in [1.807, 2.05) is 45.9 Å². The highest BCUT2D eigenvalue weighted by molar-refractivity contribution is 7.16. The highest BCUT2D eigenvalue weighted by Crippen LogP contribution is 2.33. The molecule has 1 N–H and O–H groups in total. The first-order chi connectivity index (χ1) is 14.2. The van der Waals surface area contributed by atoms with Gasteiger partial charge in [0.25, 0.3) is 5.91 Å². The number of aryl methyl sites for hydroxylation is 4. The van der Waals surface area contributed by atoms with Crippen molar-refractivity contribution in [2.45, 2.75) is 41.2 Å². The number of hydrogen-bond donors (Lipinski definition) is 1. The average Bonchev–Trinajstić information content (AvgIpc) is 3.20. The second-order valence-electron chi connectivity index (χ2n) is 7.01. The van der Waals surface area contributed by atoms with Crippen molar-refractivity contribution in [3.8, 4) is 5.75 Å². The molecule has 0 aliphatic rings. The zero-order valence-electron chi connectivity index (χ0n) is 17.8. The summed E-state index contributed by atoms with van der Waals surface area (Å²) in [7, 11) is 1.31. The number of para-hydroxylation sites is 1. The quantitative estimate of drug-likeness (QED) is 0.562. The summed E-state index contributed by atoms with van der Waals surface area (Å²) in [5, 5.41) is 7.11. The number of ether oxygens (including phenoxy) is 2. The Morgan fingerprint density at radius 1 is 1.13 bits per heavy atom. The molecule has 2 aromatic heterocycles. The Morgan fingerprint density at radius 3 is 2.43 bits per heavy atom. The Labute approximate surface area is 179 Å². The van der Waals surface area contributed by atoms with Crippen molar-refractivity contribution < 1.29 is 23.6 Å². The minimum absolute atomic E-state index is 0.123. The summed E-state index contributed by atoms with van der Waals surface area (Å²) >= 11 is 1.31. The van der Waals surface area contributed by atoms with Gasteiger partial charge in [0, 0.05) is 4.88 Å². The first kappa shape index (κ1) is 21.6. The summed E-state index contributed by atoms with van der Waals surface area (Å²) < 4.78 is 16.1. The van der Waals surface area contributed by atoms with Gasteiger partial charge in [0.05, 0.1) is 18.2 Å². The van der Waals surface area contributed by atoms with Crippen molar-refractivity contribution in [2.24, 2.45) is 0 Å². The first-order valence-corrected chi connectivity index (χ1v) is 10.2. The van der Waals surface area contributed by atoms with E-state index >= 15 is 0 Å². The van der Waals surface area contributed by atoms with Crippen molar-refractivity contribution in [3.63, 3.8) is 0 Å². The zero-order valence-corrected chi connectivity index (χ0v) is 18.7. The molecular weight excluding hydrogens is 404 g/mol. The third-order valence-electron chi connectivity index (χ3n) is 4.97. The Hall–Kier alpha value is -3.13. The lowest BCUT2D eigenvalue weighted by atomic mass is 10.1. The molecule has 7 nitrogen and oxygen atoms in total. The number of carbonyl (C=O) groups is 2. The number of hydrogen-bond acceptors (Lipinski definition) is 7. The van der Waals surface area contributed by atoms with Crippen LogP contribution < -0.4 is 10.1 Å². The molecule has 158 valence electrons. The van der Waals surface area contributed by atoms with Crippen LogP contribution in [0.15, 0.2) is 22.7 Å². The van der Waals surface area contributed by atoms with Crippen LogP contribution in [0.25, 0.3) is 0 Å². The molecule has 0 spiro atoms. The minimum Gasteiger partial charge on any atom is -0.488 e. The number of amides is 1. The van der Waals surface area contributed by atoms with Gasteiger partial charge in [0.2, 0.25) is 0 Å². The molecule has 3 rings (SSSR count). The van der Waals surface area contributed by atoms with Crippen molar-refractivity contribution in [1.82, 2.24) is 5.16 Å². The van der Waals surface area contributed by atoms with Crippen molar-refractivity contribution in [3.05, 3.63) is 62.3 Å². The second kappa shape index (κ2) is 8.71. The molecule has 0 bridgehead atoms. The topological polar surface area (TPSA) is 90.7 Å². The third kappa shape index (κ3) is 4.09. The lowest BCUT2D eigenvalue weighted by molar-refractivity contribution is 0.0601. The van der Waals surface area contributed by atoms with E-state index in [2.05, 4.69) is 10.5 Å². The molecule has 0 radical (unpaired) electrons. The summed E-state index contributed by atoms with van der Waals surface area (Å²) in [5.74, 6) is 0.292. The van der Waals surface area contributed by atoms with Gasteiger partial charge in [-0.1, -0.05) is 23.4 Å². The van der Waals surface area contributed by atoms with Crippen LogP contribution in [-0.2, 0) is 11.3 Å². The molecule has 1 aromatic carbocycles. The minimum atomic E-state index is -0.498.